The van der Waals surface area contributed by atoms with Crippen molar-refractivity contribution in [3.05, 3.63) is 100 Å². The highest BCUT2D eigenvalue weighted by Crippen LogP contribution is 2.21. The van der Waals surface area contributed by atoms with Crippen LogP contribution >= 0.6 is 35.4 Å². The van der Waals surface area contributed by atoms with Crippen molar-refractivity contribution in [2.24, 2.45) is 0 Å². The van der Waals surface area contributed by atoms with Crippen LogP contribution in [0.3, 0.4) is 0 Å². The lowest BCUT2D eigenvalue weighted by molar-refractivity contribution is 0.100. The minimum Gasteiger partial charge on any atom is -0.362 e. The van der Waals surface area contributed by atoms with Crippen molar-refractivity contribution in [1.29, 1.82) is 0 Å². The van der Waals surface area contributed by atoms with Gasteiger partial charge in [0.1, 0.15) is 0 Å². The van der Waals surface area contributed by atoms with E-state index in [1.165, 1.54) is 4.90 Å². The summed E-state index contributed by atoms with van der Waals surface area (Å²) >= 11 is 17.5. The summed E-state index contributed by atoms with van der Waals surface area (Å²) in [5.41, 5.74) is 2.34. The van der Waals surface area contributed by atoms with Crippen LogP contribution in [0.5, 0.6) is 0 Å². The number of carbonyl (C=O) groups excluding carboxylic acids is 1. The Labute approximate surface area is 179 Å². The molecular weight excluding hydrogens is 411 g/mol. The molecule has 0 aromatic heterocycles. The number of hydrogen-bond donors (Lipinski definition) is 1. The lowest BCUT2D eigenvalue weighted by atomic mass is 10.1. The number of rotatable bonds is 5. The first-order valence-corrected chi connectivity index (χ1v) is 9.88. The van der Waals surface area contributed by atoms with Crippen LogP contribution in [-0.4, -0.2) is 17.6 Å². The Morgan fingerprint density at radius 3 is 2.04 bits per heavy atom. The minimum absolute atomic E-state index is 0.202. The summed E-state index contributed by atoms with van der Waals surface area (Å²) in [4.78, 5) is 14.6. The van der Waals surface area contributed by atoms with E-state index in [0.717, 1.165) is 12.0 Å². The Balaban J connectivity index is 1.75. The van der Waals surface area contributed by atoms with E-state index < -0.39 is 0 Å². The Hall–Kier alpha value is -2.40. The number of benzene rings is 3. The summed E-state index contributed by atoms with van der Waals surface area (Å²) in [5, 5.41) is 4.82. The van der Waals surface area contributed by atoms with Crippen molar-refractivity contribution in [1.82, 2.24) is 5.32 Å². The minimum atomic E-state index is -0.202. The SMILES string of the molecule is O=C(c1ccccc1)N(C(=S)NCCc1ccc(Cl)cc1)c1ccc(Cl)cc1. The molecule has 6 heteroatoms. The highest BCUT2D eigenvalue weighted by atomic mass is 35.5. The van der Waals surface area contributed by atoms with E-state index in [2.05, 4.69) is 5.32 Å². The predicted octanol–water partition coefficient (Wildman–Crippen LogP) is 5.76. The third-order valence-corrected chi connectivity index (χ3v) is 4.95. The van der Waals surface area contributed by atoms with E-state index in [1.807, 2.05) is 42.5 Å². The standard InChI is InChI=1S/C22H18Cl2N2OS/c23-18-8-6-16(7-9-18)14-15-25-22(28)26(20-12-10-19(24)11-13-20)21(27)17-4-2-1-3-5-17/h1-13H,14-15H2,(H,25,28). The van der Waals surface area contributed by atoms with Gasteiger partial charge in [-0.1, -0.05) is 53.5 Å². The first-order chi connectivity index (χ1) is 13.5. The largest absolute Gasteiger partial charge is 0.362 e. The quantitative estimate of drug-likeness (QED) is 0.524. The van der Waals surface area contributed by atoms with Crippen LogP contribution in [0.2, 0.25) is 10.0 Å². The highest BCUT2D eigenvalue weighted by molar-refractivity contribution is 7.80. The van der Waals surface area contributed by atoms with Crippen LogP contribution in [0.25, 0.3) is 0 Å². The monoisotopic (exact) mass is 428 g/mol. The maximum absolute atomic E-state index is 13.1. The van der Waals surface area contributed by atoms with Crippen LogP contribution < -0.4 is 10.2 Å². The number of anilines is 1. The maximum atomic E-state index is 13.1. The molecular formula is C22H18Cl2N2OS. The van der Waals surface area contributed by atoms with Crippen LogP contribution in [0.15, 0.2) is 78.9 Å². The molecule has 3 aromatic carbocycles. The third kappa shape index (κ3) is 5.32. The number of carbonyl (C=O) groups is 1. The van der Waals surface area contributed by atoms with E-state index >= 15 is 0 Å². The van der Waals surface area contributed by atoms with Crippen molar-refractivity contribution in [3.8, 4) is 0 Å². The Kier molecular flexibility index (Phi) is 7.04. The Bertz CT molecular complexity index is 945. The average molecular weight is 429 g/mol. The van der Waals surface area contributed by atoms with Gasteiger partial charge in [-0.2, -0.15) is 0 Å². The lowest BCUT2D eigenvalue weighted by Crippen LogP contribution is -2.44. The molecule has 0 bridgehead atoms. The molecule has 0 aliphatic heterocycles. The summed E-state index contributed by atoms with van der Waals surface area (Å²) in [6.45, 7) is 0.590. The molecule has 0 heterocycles. The van der Waals surface area contributed by atoms with Crippen molar-refractivity contribution < 1.29 is 4.79 Å². The Morgan fingerprint density at radius 2 is 1.43 bits per heavy atom. The number of halogens is 2. The van der Waals surface area contributed by atoms with Crippen LogP contribution in [-0.2, 0) is 6.42 Å². The first kappa shape index (κ1) is 20.3. The summed E-state index contributed by atoms with van der Waals surface area (Å²) in [7, 11) is 0. The molecule has 0 atom stereocenters. The van der Waals surface area contributed by atoms with Gasteiger partial charge in [0.25, 0.3) is 5.91 Å². The molecule has 3 aromatic rings. The van der Waals surface area contributed by atoms with Crippen molar-refractivity contribution in [2.75, 3.05) is 11.4 Å². The molecule has 0 aliphatic carbocycles. The fourth-order valence-electron chi connectivity index (χ4n) is 2.67. The van der Waals surface area contributed by atoms with E-state index in [4.69, 9.17) is 35.4 Å². The zero-order chi connectivity index (χ0) is 19.9. The molecule has 3 rings (SSSR count). The third-order valence-electron chi connectivity index (χ3n) is 4.11. The van der Waals surface area contributed by atoms with Gasteiger partial charge in [-0.05, 0) is 72.7 Å². The molecule has 0 saturated heterocycles. The zero-order valence-corrected chi connectivity index (χ0v) is 17.3. The summed E-state index contributed by atoms with van der Waals surface area (Å²) < 4.78 is 0. The molecule has 3 nitrogen and oxygen atoms in total. The smallest absolute Gasteiger partial charge is 0.264 e. The fraction of sp³-hybridized carbons (Fsp3) is 0.0909. The van der Waals surface area contributed by atoms with Gasteiger partial charge in [0.15, 0.2) is 5.11 Å². The van der Waals surface area contributed by atoms with Crippen LogP contribution in [0, 0.1) is 0 Å². The molecule has 1 amide bonds. The van der Waals surface area contributed by atoms with Gasteiger partial charge < -0.3 is 5.32 Å². The van der Waals surface area contributed by atoms with Crippen molar-refractivity contribution >= 4 is 52.1 Å². The van der Waals surface area contributed by atoms with Gasteiger partial charge in [-0.25, -0.2) is 0 Å². The van der Waals surface area contributed by atoms with E-state index in [-0.39, 0.29) is 5.91 Å². The van der Waals surface area contributed by atoms with E-state index in [1.54, 1.807) is 36.4 Å². The Morgan fingerprint density at radius 1 is 0.857 bits per heavy atom. The molecule has 0 spiro atoms. The number of nitrogens with one attached hydrogen (secondary N) is 1. The first-order valence-electron chi connectivity index (χ1n) is 8.72. The van der Waals surface area contributed by atoms with Crippen molar-refractivity contribution in [2.45, 2.75) is 6.42 Å². The van der Waals surface area contributed by atoms with E-state index in [9.17, 15) is 4.79 Å². The predicted molar refractivity (Wildman–Crippen MR) is 120 cm³/mol. The van der Waals surface area contributed by atoms with Crippen LogP contribution in [0.4, 0.5) is 5.69 Å². The summed E-state index contributed by atoms with van der Waals surface area (Å²) in [6, 6.07) is 23.7. The second-order valence-corrected chi connectivity index (χ2v) is 7.35. The normalized spacial score (nSPS) is 10.4. The molecule has 0 aliphatic rings. The second-order valence-electron chi connectivity index (χ2n) is 6.09. The van der Waals surface area contributed by atoms with E-state index in [0.29, 0.717) is 33.0 Å². The maximum Gasteiger partial charge on any atom is 0.264 e. The average Bonchev–Trinajstić information content (AvgIpc) is 2.72. The topological polar surface area (TPSA) is 32.3 Å². The molecule has 28 heavy (non-hydrogen) atoms. The molecule has 1 N–H and O–H groups in total. The summed E-state index contributed by atoms with van der Waals surface area (Å²) in [5.74, 6) is -0.202. The molecule has 142 valence electrons. The number of thiocarbonyl (C=S) groups is 1. The molecule has 0 fully saturated rings. The molecule has 0 radical (unpaired) electrons. The number of amides is 1. The number of hydrogen-bond acceptors (Lipinski definition) is 2. The van der Waals surface area contributed by atoms with Gasteiger partial charge in [0.05, 0.1) is 5.69 Å². The van der Waals surface area contributed by atoms with Gasteiger partial charge >= 0.3 is 0 Å². The molecule has 0 unspecified atom stereocenters. The van der Waals surface area contributed by atoms with Crippen molar-refractivity contribution in [3.63, 3.8) is 0 Å². The molecule has 0 saturated carbocycles. The number of nitrogens with zero attached hydrogens (tertiary/aromatic N) is 1. The second kappa shape index (κ2) is 9.69. The van der Waals surface area contributed by atoms with Gasteiger partial charge in [0, 0.05) is 22.2 Å². The van der Waals surface area contributed by atoms with Gasteiger partial charge in [0.2, 0.25) is 0 Å². The van der Waals surface area contributed by atoms with Gasteiger partial charge in [-0.15, -0.1) is 0 Å². The zero-order valence-electron chi connectivity index (χ0n) is 14.9. The lowest BCUT2D eigenvalue weighted by Gasteiger charge is -2.24. The fourth-order valence-corrected chi connectivity index (χ4v) is 3.21. The summed E-state index contributed by atoms with van der Waals surface area (Å²) in [6.07, 6.45) is 0.755. The van der Waals surface area contributed by atoms with Gasteiger partial charge in [-0.3, -0.25) is 9.69 Å². The highest BCUT2D eigenvalue weighted by Gasteiger charge is 2.21. The van der Waals surface area contributed by atoms with Crippen LogP contribution in [0.1, 0.15) is 15.9 Å².